The highest BCUT2D eigenvalue weighted by molar-refractivity contribution is 6.14. The summed E-state index contributed by atoms with van der Waals surface area (Å²) in [7, 11) is 0. The van der Waals surface area contributed by atoms with Crippen LogP contribution in [0.25, 0.3) is 33.0 Å². The van der Waals surface area contributed by atoms with Crippen molar-refractivity contribution in [3.8, 4) is 45.3 Å². The molecule has 2 aliphatic rings. The molecule has 0 radical (unpaired) electrons. The molecule has 6 heteroatoms. The number of hydrogen-bond acceptors (Lipinski definition) is 6. The van der Waals surface area contributed by atoms with Gasteiger partial charge < -0.3 is 19.7 Å². The molecule has 0 aromatic heterocycles. The van der Waals surface area contributed by atoms with Crippen molar-refractivity contribution in [2.75, 3.05) is 0 Å². The summed E-state index contributed by atoms with van der Waals surface area (Å²) < 4.78 is 12.5. The van der Waals surface area contributed by atoms with Crippen LogP contribution in [0, 0.1) is 6.92 Å². The summed E-state index contributed by atoms with van der Waals surface area (Å²) in [5, 5.41) is 25.3. The lowest BCUT2D eigenvalue weighted by Gasteiger charge is -2.15. The predicted octanol–water partition coefficient (Wildman–Crippen LogP) is 7.58. The summed E-state index contributed by atoms with van der Waals surface area (Å²) in [6.07, 6.45) is 0. The van der Waals surface area contributed by atoms with Crippen LogP contribution in [0.4, 0.5) is 11.4 Å². The van der Waals surface area contributed by atoms with Crippen LogP contribution < -0.4 is 20.2 Å². The van der Waals surface area contributed by atoms with Gasteiger partial charge in [-0.05, 0) is 41.8 Å². The Bertz CT molecular complexity index is 2210. The Morgan fingerprint density at radius 3 is 1.58 bits per heavy atom. The van der Waals surface area contributed by atoms with E-state index in [1.807, 2.05) is 97.1 Å². The average Bonchev–Trinajstić information content (AvgIpc) is 3.62. The first-order valence-electron chi connectivity index (χ1n) is 14.2. The molecule has 2 N–H and O–H groups in total. The predicted molar refractivity (Wildman–Crippen MR) is 166 cm³/mol. The first-order valence-corrected chi connectivity index (χ1v) is 14.2. The fourth-order valence-electron chi connectivity index (χ4n) is 6.11. The highest BCUT2D eigenvalue weighted by Crippen LogP contribution is 2.51. The number of phenols is 2. The zero-order valence-electron chi connectivity index (χ0n) is 23.3. The van der Waals surface area contributed by atoms with E-state index >= 15 is 0 Å². The lowest BCUT2D eigenvalue weighted by Crippen LogP contribution is -2.26. The van der Waals surface area contributed by atoms with Crippen LogP contribution in [0.15, 0.2) is 113 Å². The SMILES string of the molecule is Cc1cc(O)c2c3c(c4c(c2c1O)-c1cccc(OCc2ccccc2)c1N=4)=Nc1c(OCc2ccccc2)cccc1-3. The van der Waals surface area contributed by atoms with Crippen LogP contribution in [0.3, 0.4) is 0 Å². The fourth-order valence-corrected chi connectivity index (χ4v) is 6.11. The second-order valence-corrected chi connectivity index (χ2v) is 10.8. The van der Waals surface area contributed by atoms with Crippen molar-refractivity contribution in [3.05, 3.63) is 131 Å². The van der Waals surface area contributed by atoms with Crippen LogP contribution in [-0.2, 0) is 13.2 Å². The van der Waals surface area contributed by atoms with Gasteiger partial charge in [0, 0.05) is 33.0 Å². The van der Waals surface area contributed by atoms with E-state index in [0.717, 1.165) is 33.4 Å². The van der Waals surface area contributed by atoms with Crippen molar-refractivity contribution in [1.29, 1.82) is 0 Å². The summed E-state index contributed by atoms with van der Waals surface area (Å²) in [6.45, 7) is 2.57. The van der Waals surface area contributed by atoms with Gasteiger partial charge >= 0.3 is 0 Å². The third kappa shape index (κ3) is 3.95. The van der Waals surface area contributed by atoms with Gasteiger partial charge in [-0.1, -0.05) is 84.9 Å². The minimum Gasteiger partial charge on any atom is -0.507 e. The Balaban J connectivity index is 1.35. The molecule has 0 saturated heterocycles. The van der Waals surface area contributed by atoms with Gasteiger partial charge in [0.25, 0.3) is 0 Å². The Morgan fingerprint density at radius 2 is 1.07 bits per heavy atom. The average molecular weight is 563 g/mol. The van der Waals surface area contributed by atoms with Gasteiger partial charge in [0.15, 0.2) is 0 Å². The zero-order valence-corrected chi connectivity index (χ0v) is 23.3. The van der Waals surface area contributed by atoms with Crippen LogP contribution in [-0.4, -0.2) is 10.2 Å². The zero-order chi connectivity index (χ0) is 29.1. The maximum atomic E-state index is 11.5. The molecular weight excluding hydrogens is 536 g/mol. The first-order chi connectivity index (χ1) is 21.1. The molecule has 0 atom stereocenters. The van der Waals surface area contributed by atoms with Gasteiger partial charge in [-0.2, -0.15) is 0 Å². The summed E-state index contributed by atoms with van der Waals surface area (Å²) in [5.74, 6) is 1.46. The number of benzene rings is 6. The topological polar surface area (TPSA) is 83.6 Å². The molecule has 0 saturated carbocycles. The number of hydrogen-bond donors (Lipinski definition) is 2. The Kier molecular flexibility index (Phi) is 5.69. The number of nitrogens with zero attached hydrogens (tertiary/aromatic N) is 2. The summed E-state index contributed by atoms with van der Waals surface area (Å²) in [6, 6.07) is 33.2. The highest BCUT2D eigenvalue weighted by atomic mass is 16.5. The molecule has 6 nitrogen and oxygen atoms in total. The lowest BCUT2D eigenvalue weighted by atomic mass is 9.89. The molecule has 0 spiro atoms. The quantitative estimate of drug-likeness (QED) is 0.205. The van der Waals surface area contributed by atoms with Crippen molar-refractivity contribution < 1.29 is 19.7 Å². The van der Waals surface area contributed by atoms with E-state index in [-0.39, 0.29) is 11.5 Å². The van der Waals surface area contributed by atoms with Gasteiger partial charge in [0.2, 0.25) is 0 Å². The fraction of sp³-hybridized carbons (Fsp3) is 0.0811. The van der Waals surface area contributed by atoms with Crippen molar-refractivity contribution >= 4 is 22.1 Å². The van der Waals surface area contributed by atoms with Gasteiger partial charge in [-0.3, -0.25) is 0 Å². The van der Waals surface area contributed by atoms with Crippen molar-refractivity contribution in [1.82, 2.24) is 0 Å². The van der Waals surface area contributed by atoms with E-state index in [1.54, 1.807) is 13.0 Å². The smallest absolute Gasteiger partial charge is 0.146 e. The van der Waals surface area contributed by atoms with E-state index < -0.39 is 0 Å². The number of para-hydroxylation sites is 2. The number of phenolic OH excluding ortho intramolecular Hbond substituents is 2. The van der Waals surface area contributed by atoms with Crippen LogP contribution >= 0.6 is 0 Å². The molecule has 6 aromatic carbocycles. The molecule has 2 heterocycles. The van der Waals surface area contributed by atoms with Gasteiger partial charge in [0.05, 0.1) is 10.7 Å². The van der Waals surface area contributed by atoms with Crippen LogP contribution in [0.1, 0.15) is 16.7 Å². The summed E-state index contributed by atoms with van der Waals surface area (Å²) >= 11 is 0. The second kappa shape index (κ2) is 9.74. The van der Waals surface area contributed by atoms with E-state index in [0.29, 0.717) is 63.1 Å². The molecule has 0 unspecified atom stereocenters. The van der Waals surface area contributed by atoms with E-state index in [1.165, 1.54) is 0 Å². The van der Waals surface area contributed by atoms with Gasteiger partial charge in [0.1, 0.15) is 47.6 Å². The van der Waals surface area contributed by atoms with Crippen molar-refractivity contribution in [3.63, 3.8) is 0 Å². The molecule has 0 aliphatic carbocycles. The molecule has 0 amide bonds. The summed E-state index contributed by atoms with van der Waals surface area (Å²) in [5.41, 5.74) is 7.12. The van der Waals surface area contributed by atoms with Gasteiger partial charge in [-0.15, -0.1) is 0 Å². The number of aryl methyl sites for hydroxylation is 1. The molecule has 0 fully saturated rings. The maximum absolute atomic E-state index is 11.5. The number of fused-ring (bicyclic) bond motifs is 10. The second-order valence-electron chi connectivity index (χ2n) is 10.8. The maximum Gasteiger partial charge on any atom is 0.146 e. The first kappa shape index (κ1) is 25.1. The minimum atomic E-state index is 0.0768. The molecule has 43 heavy (non-hydrogen) atoms. The van der Waals surface area contributed by atoms with Crippen LogP contribution in [0.2, 0.25) is 0 Å². The Morgan fingerprint density at radius 1 is 0.581 bits per heavy atom. The molecule has 0 bridgehead atoms. The molecular formula is C37H26N2O4. The molecule has 8 rings (SSSR count). The Labute approximate surface area is 247 Å². The van der Waals surface area contributed by atoms with Crippen molar-refractivity contribution in [2.45, 2.75) is 20.1 Å². The molecule has 2 aliphatic heterocycles. The summed E-state index contributed by atoms with van der Waals surface area (Å²) in [4.78, 5) is 10.2. The number of aromatic hydroxyl groups is 2. The Hall–Kier alpha value is -5.62. The van der Waals surface area contributed by atoms with E-state index in [9.17, 15) is 10.2 Å². The number of rotatable bonds is 6. The largest absolute Gasteiger partial charge is 0.507 e. The monoisotopic (exact) mass is 562 g/mol. The van der Waals surface area contributed by atoms with E-state index in [4.69, 9.17) is 19.5 Å². The molecule has 6 aromatic rings. The number of ether oxygens (including phenoxy) is 2. The highest BCUT2D eigenvalue weighted by Gasteiger charge is 2.31. The normalized spacial score (nSPS) is 12.1. The molecule has 208 valence electrons. The minimum absolute atomic E-state index is 0.0768. The van der Waals surface area contributed by atoms with Gasteiger partial charge in [-0.25, -0.2) is 9.98 Å². The van der Waals surface area contributed by atoms with Crippen molar-refractivity contribution in [2.24, 2.45) is 9.98 Å². The van der Waals surface area contributed by atoms with Crippen LogP contribution in [0.5, 0.6) is 23.0 Å². The lowest BCUT2D eigenvalue weighted by molar-refractivity contribution is 0.307. The van der Waals surface area contributed by atoms with E-state index in [2.05, 4.69) is 0 Å². The third-order valence-electron chi connectivity index (χ3n) is 8.13. The third-order valence-corrected chi connectivity index (χ3v) is 8.13. The standard InChI is InChI=1S/C37H26N2O4/c1-21-18-26(40)31-29-24-14-8-16-27(42-19-22-10-4-2-5-11-22)33(24)38-35(29)36-30(32(31)37(21)41)25-15-9-17-28(34(25)39-36)43-20-23-12-6-3-7-13-23/h2-18,40-41H,19-20H2,1H3.